The van der Waals surface area contributed by atoms with E-state index in [0.717, 1.165) is 39.1 Å². The summed E-state index contributed by atoms with van der Waals surface area (Å²) in [7, 11) is 1.32. The van der Waals surface area contributed by atoms with Gasteiger partial charge in [0, 0.05) is 18.2 Å². The number of esters is 1. The Kier molecular flexibility index (Phi) is 11.3. The van der Waals surface area contributed by atoms with Gasteiger partial charge >= 0.3 is 5.97 Å². The Balaban J connectivity index is 1.63. The van der Waals surface area contributed by atoms with E-state index in [-0.39, 0.29) is 6.61 Å². The third-order valence-corrected chi connectivity index (χ3v) is 7.44. The van der Waals surface area contributed by atoms with Crippen LogP contribution in [-0.4, -0.2) is 32.0 Å². The number of hydrogen-bond donors (Lipinski definition) is 3. The number of rotatable bonds is 13. The predicted octanol–water partition coefficient (Wildman–Crippen LogP) is 7.65. The standard InChI is InChI=1S/C38H42N4O5/c1-7-42-30-14-12-27(13-15-30)25(5)46-38(23(2)3)35(47-31-16-17-34(24(4)18-31)45-22-36(43)44-6)19-26-8-10-28(11-9-26)29-20-32(39)37(41)33(40)21-29/h7-18,20-21,35H,5,19,22,39-41H2,1-4,6H3. The molecule has 1 unspecified atom stereocenters. The van der Waals surface area contributed by atoms with Gasteiger partial charge in [-0.05, 0) is 110 Å². The lowest BCUT2D eigenvalue weighted by Crippen LogP contribution is -2.25. The number of anilines is 3. The first kappa shape index (κ1) is 34.2. The highest BCUT2D eigenvalue weighted by Crippen LogP contribution is 2.33. The third-order valence-electron chi connectivity index (χ3n) is 7.44. The molecule has 4 aromatic rings. The summed E-state index contributed by atoms with van der Waals surface area (Å²) in [5.74, 6) is 1.83. The number of nitrogens with two attached hydrogens (primary N) is 3. The lowest BCUT2D eigenvalue weighted by molar-refractivity contribution is -0.142. The van der Waals surface area contributed by atoms with Gasteiger partial charge < -0.3 is 36.1 Å². The Bertz CT molecular complexity index is 1770. The summed E-state index contributed by atoms with van der Waals surface area (Å²) in [6.45, 7) is 11.7. The molecule has 0 saturated heterocycles. The second kappa shape index (κ2) is 15.5. The minimum absolute atomic E-state index is 0.185. The zero-order valence-corrected chi connectivity index (χ0v) is 27.5. The maximum absolute atomic E-state index is 11.6. The Labute approximate surface area is 276 Å². The van der Waals surface area contributed by atoms with Crippen molar-refractivity contribution in [2.75, 3.05) is 30.9 Å². The Hall–Kier alpha value is -5.70. The SMILES string of the molecule is C=C(OC(=C(C)C)C(Cc1ccc(-c2cc(N)c(N)c(N)c2)cc1)Oc1ccc(OCC(=O)OC)c(C)c1)c1ccc(N=CC)cc1. The Morgan fingerprint density at radius 2 is 1.57 bits per heavy atom. The summed E-state index contributed by atoms with van der Waals surface area (Å²) >= 11 is 0. The van der Waals surface area contributed by atoms with Gasteiger partial charge in [0.05, 0.1) is 29.9 Å². The maximum Gasteiger partial charge on any atom is 0.343 e. The van der Waals surface area contributed by atoms with Crippen LogP contribution in [0.4, 0.5) is 22.7 Å². The molecule has 47 heavy (non-hydrogen) atoms. The second-order valence-corrected chi connectivity index (χ2v) is 11.2. The topological polar surface area (TPSA) is 144 Å². The molecule has 244 valence electrons. The lowest BCUT2D eigenvalue weighted by Gasteiger charge is -2.25. The highest BCUT2D eigenvalue weighted by atomic mass is 16.6. The number of carbonyl (C=O) groups excluding carboxylic acids is 1. The molecule has 1 atom stereocenters. The summed E-state index contributed by atoms with van der Waals surface area (Å²) in [4.78, 5) is 15.9. The average Bonchev–Trinajstić information content (AvgIpc) is 3.05. The summed E-state index contributed by atoms with van der Waals surface area (Å²) in [5.41, 5.74) is 25.6. The molecular weight excluding hydrogens is 592 g/mol. The van der Waals surface area contributed by atoms with Gasteiger partial charge in [0.25, 0.3) is 0 Å². The van der Waals surface area contributed by atoms with Crippen LogP contribution in [0.3, 0.4) is 0 Å². The summed E-state index contributed by atoms with van der Waals surface area (Å²) in [6, 6.07) is 24.8. The molecule has 0 heterocycles. The monoisotopic (exact) mass is 634 g/mol. The van der Waals surface area contributed by atoms with Crippen molar-refractivity contribution in [2.45, 2.75) is 40.2 Å². The van der Waals surface area contributed by atoms with Crippen LogP contribution < -0.4 is 26.7 Å². The van der Waals surface area contributed by atoms with Crippen LogP contribution in [0.2, 0.25) is 0 Å². The maximum atomic E-state index is 11.6. The minimum Gasteiger partial charge on any atom is -0.482 e. The number of benzene rings is 4. The van der Waals surface area contributed by atoms with Gasteiger partial charge in [-0.25, -0.2) is 4.79 Å². The van der Waals surface area contributed by atoms with Gasteiger partial charge in [-0.2, -0.15) is 0 Å². The van der Waals surface area contributed by atoms with Crippen LogP contribution in [0.1, 0.15) is 37.5 Å². The summed E-state index contributed by atoms with van der Waals surface area (Å²) in [6.07, 6.45) is 1.72. The van der Waals surface area contributed by atoms with E-state index in [2.05, 4.69) is 16.3 Å². The van der Waals surface area contributed by atoms with Gasteiger partial charge in [-0.1, -0.05) is 30.8 Å². The normalized spacial score (nSPS) is 11.5. The van der Waals surface area contributed by atoms with E-state index in [1.54, 1.807) is 18.3 Å². The molecular formula is C38H42N4O5. The van der Waals surface area contributed by atoms with Crippen molar-refractivity contribution in [3.63, 3.8) is 0 Å². The molecule has 0 saturated carbocycles. The Morgan fingerprint density at radius 3 is 2.15 bits per heavy atom. The zero-order chi connectivity index (χ0) is 34.1. The smallest absolute Gasteiger partial charge is 0.343 e. The molecule has 0 spiro atoms. The van der Waals surface area contributed by atoms with Gasteiger partial charge in [0.1, 0.15) is 23.0 Å². The van der Waals surface area contributed by atoms with E-state index in [9.17, 15) is 4.79 Å². The molecule has 0 radical (unpaired) electrons. The van der Waals surface area contributed by atoms with Crippen molar-refractivity contribution in [1.29, 1.82) is 0 Å². The van der Waals surface area contributed by atoms with Crippen molar-refractivity contribution in [3.05, 3.63) is 113 Å². The number of nitrogens with zero attached hydrogens (tertiary/aromatic N) is 1. The zero-order valence-electron chi connectivity index (χ0n) is 27.5. The molecule has 6 N–H and O–H groups in total. The molecule has 4 rings (SSSR count). The molecule has 0 aliphatic heterocycles. The van der Waals surface area contributed by atoms with Crippen molar-refractivity contribution in [2.24, 2.45) is 4.99 Å². The van der Waals surface area contributed by atoms with E-state index in [0.29, 0.717) is 46.5 Å². The quantitative estimate of drug-likeness (QED) is 0.0589. The van der Waals surface area contributed by atoms with Crippen LogP contribution in [-0.2, 0) is 20.7 Å². The fourth-order valence-electron chi connectivity index (χ4n) is 4.88. The molecule has 0 bridgehead atoms. The van der Waals surface area contributed by atoms with E-state index in [1.165, 1.54) is 7.11 Å². The number of methoxy groups -OCH3 is 1. The van der Waals surface area contributed by atoms with E-state index < -0.39 is 12.1 Å². The van der Waals surface area contributed by atoms with E-state index in [1.807, 2.05) is 94.4 Å². The highest BCUT2D eigenvalue weighted by molar-refractivity contribution is 5.84. The number of hydrogen-bond acceptors (Lipinski definition) is 9. The van der Waals surface area contributed by atoms with Crippen LogP contribution in [0, 0.1) is 6.92 Å². The molecule has 0 aliphatic rings. The molecule has 9 nitrogen and oxygen atoms in total. The van der Waals surface area contributed by atoms with Crippen LogP contribution in [0.25, 0.3) is 16.9 Å². The van der Waals surface area contributed by atoms with Crippen LogP contribution in [0.5, 0.6) is 11.5 Å². The highest BCUT2D eigenvalue weighted by Gasteiger charge is 2.23. The van der Waals surface area contributed by atoms with Crippen molar-refractivity contribution in [3.8, 4) is 22.6 Å². The van der Waals surface area contributed by atoms with Gasteiger partial charge in [0.15, 0.2) is 12.7 Å². The number of ether oxygens (including phenoxy) is 4. The molecule has 0 fully saturated rings. The number of nitrogen functional groups attached to an aromatic ring is 3. The minimum atomic E-state index is -0.518. The molecule has 0 amide bonds. The number of carbonyl (C=O) groups is 1. The number of aliphatic imine (C=N–C) groups is 1. The molecule has 4 aromatic carbocycles. The first-order valence-corrected chi connectivity index (χ1v) is 15.1. The first-order valence-electron chi connectivity index (χ1n) is 15.1. The number of allylic oxidation sites excluding steroid dienone is 1. The molecule has 0 aromatic heterocycles. The Morgan fingerprint density at radius 1 is 0.915 bits per heavy atom. The van der Waals surface area contributed by atoms with E-state index in [4.69, 9.17) is 31.4 Å². The fraction of sp³-hybridized carbons (Fsp3) is 0.211. The number of aryl methyl sites for hydroxylation is 1. The third kappa shape index (κ3) is 8.94. The lowest BCUT2D eigenvalue weighted by atomic mass is 9.99. The van der Waals surface area contributed by atoms with Crippen molar-refractivity contribution < 1.29 is 23.7 Å². The van der Waals surface area contributed by atoms with E-state index >= 15 is 0 Å². The second-order valence-electron chi connectivity index (χ2n) is 11.2. The summed E-state index contributed by atoms with van der Waals surface area (Å²) < 4.78 is 23.4. The van der Waals surface area contributed by atoms with Crippen molar-refractivity contribution >= 4 is 40.7 Å². The molecule has 0 aliphatic carbocycles. The first-order chi connectivity index (χ1) is 22.5. The van der Waals surface area contributed by atoms with Crippen LogP contribution >= 0.6 is 0 Å². The largest absolute Gasteiger partial charge is 0.482 e. The van der Waals surface area contributed by atoms with Gasteiger partial charge in [-0.3, -0.25) is 4.99 Å². The predicted molar refractivity (Wildman–Crippen MR) is 191 cm³/mol. The van der Waals surface area contributed by atoms with Gasteiger partial charge in [0.2, 0.25) is 0 Å². The van der Waals surface area contributed by atoms with Gasteiger partial charge in [-0.15, -0.1) is 0 Å². The summed E-state index contributed by atoms with van der Waals surface area (Å²) in [5, 5.41) is 0. The van der Waals surface area contributed by atoms with Crippen LogP contribution in [0.15, 0.2) is 102 Å². The molecule has 9 heteroatoms. The average molecular weight is 635 g/mol. The van der Waals surface area contributed by atoms with Crippen molar-refractivity contribution in [1.82, 2.24) is 0 Å². The fourth-order valence-corrected chi connectivity index (χ4v) is 4.88.